The fourth-order valence-corrected chi connectivity index (χ4v) is 1.24. The summed E-state index contributed by atoms with van der Waals surface area (Å²) in [6.07, 6.45) is 0. The lowest BCUT2D eigenvalue weighted by atomic mass is 10.3. The number of phenols is 2. The van der Waals surface area contributed by atoms with E-state index in [0.717, 1.165) is 0 Å². The fraction of sp³-hybridized carbons (Fsp3) is 0. The van der Waals surface area contributed by atoms with Crippen molar-refractivity contribution in [2.24, 2.45) is 0 Å². The fourth-order valence-electron chi connectivity index (χ4n) is 1.24. The molecule has 3 heteroatoms. The standard InChI is InChI=1S/2C6H6O.C6H6.H2O/c2*7-6-4-2-1-3-5-6;1-2-4-6-5-3-1;/h2*1-5,7H;1-6H;1H2. The van der Waals surface area contributed by atoms with Crippen molar-refractivity contribution in [1.82, 2.24) is 0 Å². The van der Waals surface area contributed by atoms with Gasteiger partial charge in [0.15, 0.2) is 0 Å². The van der Waals surface area contributed by atoms with Crippen LogP contribution in [0.1, 0.15) is 0 Å². The molecular formula is C18H20O3. The topological polar surface area (TPSA) is 72.0 Å². The molecule has 0 fully saturated rings. The van der Waals surface area contributed by atoms with Gasteiger partial charge in [-0.15, -0.1) is 0 Å². The van der Waals surface area contributed by atoms with E-state index in [-0.39, 0.29) is 5.48 Å². The number of rotatable bonds is 0. The van der Waals surface area contributed by atoms with Gasteiger partial charge in [-0.25, -0.2) is 0 Å². The second-order valence-electron chi connectivity index (χ2n) is 3.83. The highest BCUT2D eigenvalue weighted by atomic mass is 16.3. The van der Waals surface area contributed by atoms with Gasteiger partial charge in [-0.2, -0.15) is 0 Å². The van der Waals surface area contributed by atoms with Gasteiger partial charge < -0.3 is 15.7 Å². The zero-order valence-corrected chi connectivity index (χ0v) is 11.6. The Kier molecular flexibility index (Phi) is 10.6. The number of hydrogen-bond acceptors (Lipinski definition) is 2. The summed E-state index contributed by atoms with van der Waals surface area (Å²) in [7, 11) is 0. The second-order valence-corrected chi connectivity index (χ2v) is 3.83. The third kappa shape index (κ3) is 10.8. The lowest BCUT2D eigenvalue weighted by Crippen LogP contribution is -1.56. The van der Waals surface area contributed by atoms with Crippen molar-refractivity contribution in [2.75, 3.05) is 0 Å². The smallest absolute Gasteiger partial charge is 0.115 e. The molecule has 4 N–H and O–H groups in total. The van der Waals surface area contributed by atoms with Crippen LogP contribution in [0.25, 0.3) is 0 Å². The summed E-state index contributed by atoms with van der Waals surface area (Å²) in [6, 6.07) is 29.4. The minimum absolute atomic E-state index is 0. The second kappa shape index (κ2) is 12.3. The molecule has 0 radical (unpaired) electrons. The number of phenolic OH excluding ortho intramolecular Hbond substituents is 2. The van der Waals surface area contributed by atoms with Gasteiger partial charge in [0.2, 0.25) is 0 Å². The molecule has 0 aromatic heterocycles. The minimum atomic E-state index is 0. The van der Waals surface area contributed by atoms with Crippen LogP contribution in [0.2, 0.25) is 0 Å². The van der Waals surface area contributed by atoms with E-state index in [1.54, 1.807) is 48.5 Å². The van der Waals surface area contributed by atoms with Crippen molar-refractivity contribution in [2.45, 2.75) is 0 Å². The largest absolute Gasteiger partial charge is 0.508 e. The summed E-state index contributed by atoms with van der Waals surface area (Å²) >= 11 is 0. The van der Waals surface area contributed by atoms with Crippen molar-refractivity contribution in [3.63, 3.8) is 0 Å². The molecule has 21 heavy (non-hydrogen) atoms. The summed E-state index contributed by atoms with van der Waals surface area (Å²) in [6.45, 7) is 0. The van der Waals surface area contributed by atoms with E-state index < -0.39 is 0 Å². The average Bonchev–Trinajstić information content (AvgIpc) is 2.52. The first kappa shape index (κ1) is 18.2. The molecule has 0 atom stereocenters. The Morgan fingerprint density at radius 3 is 0.714 bits per heavy atom. The van der Waals surface area contributed by atoms with Crippen LogP contribution in [0.3, 0.4) is 0 Å². The molecule has 0 heterocycles. The Labute approximate surface area is 125 Å². The molecule has 3 aromatic rings. The van der Waals surface area contributed by atoms with Gasteiger partial charge in [-0.3, -0.25) is 0 Å². The van der Waals surface area contributed by atoms with Crippen molar-refractivity contribution >= 4 is 0 Å². The van der Waals surface area contributed by atoms with E-state index in [1.807, 2.05) is 48.5 Å². The Hall–Kier alpha value is -2.78. The van der Waals surface area contributed by atoms with E-state index >= 15 is 0 Å². The number of aromatic hydroxyl groups is 2. The molecule has 0 amide bonds. The minimum Gasteiger partial charge on any atom is -0.508 e. The zero-order valence-electron chi connectivity index (χ0n) is 11.6. The Bertz CT molecular complexity index is 475. The van der Waals surface area contributed by atoms with Gasteiger partial charge in [-0.05, 0) is 24.3 Å². The van der Waals surface area contributed by atoms with Gasteiger partial charge in [0.25, 0.3) is 0 Å². The predicted molar refractivity (Wildman–Crippen MR) is 86.3 cm³/mol. The van der Waals surface area contributed by atoms with Gasteiger partial charge in [0, 0.05) is 0 Å². The van der Waals surface area contributed by atoms with Gasteiger partial charge in [0.1, 0.15) is 11.5 Å². The molecule has 0 saturated heterocycles. The van der Waals surface area contributed by atoms with Crippen LogP contribution in [0.5, 0.6) is 11.5 Å². The van der Waals surface area contributed by atoms with E-state index in [1.165, 1.54) is 0 Å². The molecular weight excluding hydrogens is 264 g/mol. The molecule has 0 saturated carbocycles. The number of benzene rings is 3. The Morgan fingerprint density at radius 1 is 0.381 bits per heavy atom. The first-order chi connectivity index (χ1) is 9.79. The van der Waals surface area contributed by atoms with Gasteiger partial charge in [-0.1, -0.05) is 72.8 Å². The third-order valence-electron chi connectivity index (χ3n) is 2.18. The van der Waals surface area contributed by atoms with Gasteiger partial charge >= 0.3 is 0 Å². The maximum atomic E-state index is 8.63. The van der Waals surface area contributed by atoms with Crippen LogP contribution < -0.4 is 0 Å². The van der Waals surface area contributed by atoms with Crippen LogP contribution in [-0.2, 0) is 0 Å². The first-order valence-corrected chi connectivity index (χ1v) is 6.27. The summed E-state index contributed by atoms with van der Waals surface area (Å²) in [4.78, 5) is 0. The van der Waals surface area contributed by atoms with Crippen LogP contribution in [0.4, 0.5) is 0 Å². The molecule has 0 aliphatic heterocycles. The Balaban J connectivity index is 0.000000280. The number of hydrogen-bond donors (Lipinski definition) is 2. The molecule has 3 rings (SSSR count). The molecule has 0 unspecified atom stereocenters. The molecule has 0 bridgehead atoms. The van der Waals surface area contributed by atoms with Crippen LogP contribution >= 0.6 is 0 Å². The summed E-state index contributed by atoms with van der Waals surface area (Å²) < 4.78 is 0. The number of para-hydroxylation sites is 2. The third-order valence-corrected chi connectivity index (χ3v) is 2.18. The molecule has 110 valence electrons. The van der Waals surface area contributed by atoms with Crippen molar-refractivity contribution in [3.8, 4) is 11.5 Å². The van der Waals surface area contributed by atoms with Crippen LogP contribution in [-0.4, -0.2) is 15.7 Å². The summed E-state index contributed by atoms with van der Waals surface area (Å²) in [5.74, 6) is 0.644. The van der Waals surface area contributed by atoms with E-state index in [9.17, 15) is 0 Å². The molecule has 3 aromatic carbocycles. The molecule has 0 spiro atoms. The monoisotopic (exact) mass is 284 g/mol. The highest BCUT2D eigenvalue weighted by molar-refractivity contribution is 5.19. The maximum absolute atomic E-state index is 8.63. The van der Waals surface area contributed by atoms with E-state index in [2.05, 4.69) is 0 Å². The van der Waals surface area contributed by atoms with Crippen molar-refractivity contribution in [1.29, 1.82) is 0 Å². The lowest BCUT2D eigenvalue weighted by molar-refractivity contribution is 0.475. The molecule has 0 aliphatic carbocycles. The van der Waals surface area contributed by atoms with E-state index in [4.69, 9.17) is 10.2 Å². The maximum Gasteiger partial charge on any atom is 0.115 e. The lowest BCUT2D eigenvalue weighted by Gasteiger charge is -1.82. The van der Waals surface area contributed by atoms with Gasteiger partial charge in [0.05, 0.1) is 0 Å². The normalized spacial score (nSPS) is 8.00. The highest BCUT2D eigenvalue weighted by Gasteiger charge is 1.75. The molecule has 0 aliphatic rings. The first-order valence-electron chi connectivity index (χ1n) is 6.27. The van der Waals surface area contributed by atoms with Crippen molar-refractivity contribution in [3.05, 3.63) is 97.1 Å². The summed E-state index contributed by atoms with van der Waals surface area (Å²) in [5.41, 5.74) is 0. The average molecular weight is 284 g/mol. The highest BCUT2D eigenvalue weighted by Crippen LogP contribution is 2.03. The van der Waals surface area contributed by atoms with E-state index in [0.29, 0.717) is 11.5 Å². The predicted octanol–water partition coefficient (Wildman–Crippen LogP) is 3.65. The Morgan fingerprint density at radius 2 is 0.571 bits per heavy atom. The SMILES string of the molecule is O.Oc1ccccc1.Oc1ccccc1.c1ccccc1. The van der Waals surface area contributed by atoms with Crippen molar-refractivity contribution < 1.29 is 15.7 Å². The quantitative estimate of drug-likeness (QED) is 0.661. The zero-order chi connectivity index (χ0) is 14.5. The summed E-state index contributed by atoms with van der Waals surface area (Å²) in [5, 5.41) is 17.3. The van der Waals surface area contributed by atoms with Crippen LogP contribution in [0.15, 0.2) is 97.1 Å². The van der Waals surface area contributed by atoms with Crippen LogP contribution in [0, 0.1) is 0 Å². The molecule has 3 nitrogen and oxygen atoms in total.